The molecule has 30 heavy (non-hydrogen) atoms. The van der Waals surface area contributed by atoms with Gasteiger partial charge in [0.2, 0.25) is 11.8 Å². The van der Waals surface area contributed by atoms with E-state index in [9.17, 15) is 22.0 Å². The molecule has 0 unspecified atom stereocenters. The lowest BCUT2D eigenvalue weighted by atomic mass is 10.3. The van der Waals surface area contributed by atoms with Crippen molar-refractivity contribution >= 4 is 11.6 Å². The Kier molecular flexibility index (Phi) is 6.45. The molecule has 0 amide bonds. The minimum atomic E-state index is -4.69. The number of anilines is 2. The molecule has 1 N–H and O–H groups in total. The zero-order valence-corrected chi connectivity index (χ0v) is 15.6. The largest absolute Gasteiger partial charge is 0.478 e. The van der Waals surface area contributed by atoms with Crippen molar-refractivity contribution in [3.63, 3.8) is 0 Å². The number of ether oxygens (including phenoxy) is 2. The third-order valence-corrected chi connectivity index (χ3v) is 3.75. The van der Waals surface area contributed by atoms with Crippen molar-refractivity contribution in [2.24, 2.45) is 0 Å². The molecule has 0 saturated heterocycles. The second-order valence-electron chi connectivity index (χ2n) is 6.01. The number of methoxy groups -OCH3 is 1. The number of nitrogens with one attached hydrogen (secondary N) is 1. The second kappa shape index (κ2) is 9.03. The first kappa shape index (κ1) is 21.4. The highest BCUT2D eigenvalue weighted by Gasteiger charge is 2.33. The Morgan fingerprint density at radius 1 is 1.07 bits per heavy atom. The van der Waals surface area contributed by atoms with E-state index in [0.29, 0.717) is 13.0 Å². The van der Waals surface area contributed by atoms with Crippen LogP contribution in [0.15, 0.2) is 36.7 Å². The van der Waals surface area contributed by atoms with Gasteiger partial charge in [0, 0.05) is 38.0 Å². The molecule has 12 heteroatoms. The van der Waals surface area contributed by atoms with Gasteiger partial charge in [-0.15, -0.1) is 5.10 Å². The molecule has 0 atom stereocenters. The van der Waals surface area contributed by atoms with Gasteiger partial charge >= 0.3 is 6.18 Å². The van der Waals surface area contributed by atoms with Crippen LogP contribution in [0.1, 0.15) is 12.1 Å². The highest BCUT2D eigenvalue weighted by atomic mass is 19.4. The molecule has 0 aliphatic carbocycles. The van der Waals surface area contributed by atoms with Crippen molar-refractivity contribution in [3.8, 4) is 11.6 Å². The molecule has 0 saturated carbocycles. The first-order valence-corrected chi connectivity index (χ1v) is 8.61. The van der Waals surface area contributed by atoms with Crippen LogP contribution < -0.4 is 10.1 Å². The lowest BCUT2D eigenvalue weighted by molar-refractivity contribution is -0.141. The average Bonchev–Trinajstić information content (AvgIpc) is 3.15. The van der Waals surface area contributed by atoms with Crippen LogP contribution in [-0.2, 0) is 10.9 Å². The number of rotatable bonds is 8. The standard InChI is InChI=1S/C18H16F5N5O2/c1-29-5-2-6-30-16-8-11(7-15(26-16)18(21,22)23)25-17-24-10-28(27-17)12-3-4-13(19)14(20)9-12/h3-4,7-10H,2,5-6H2,1H3,(H,25,26,27). The van der Waals surface area contributed by atoms with Crippen LogP contribution in [0.5, 0.6) is 5.88 Å². The Balaban J connectivity index is 1.81. The van der Waals surface area contributed by atoms with Crippen LogP contribution in [-0.4, -0.2) is 40.1 Å². The van der Waals surface area contributed by atoms with Gasteiger partial charge < -0.3 is 14.8 Å². The summed E-state index contributed by atoms with van der Waals surface area (Å²) in [5, 5.41) is 6.62. The van der Waals surface area contributed by atoms with Crippen LogP contribution in [0, 0.1) is 11.6 Å². The van der Waals surface area contributed by atoms with E-state index < -0.39 is 23.5 Å². The van der Waals surface area contributed by atoms with Gasteiger partial charge in [-0.3, -0.25) is 0 Å². The molecule has 2 aromatic heterocycles. The van der Waals surface area contributed by atoms with Gasteiger partial charge in [0.25, 0.3) is 0 Å². The minimum absolute atomic E-state index is 0.0119. The predicted molar refractivity (Wildman–Crippen MR) is 95.8 cm³/mol. The number of alkyl halides is 3. The number of aromatic nitrogens is 4. The molecule has 1 aromatic carbocycles. The fraction of sp³-hybridized carbons (Fsp3) is 0.278. The van der Waals surface area contributed by atoms with E-state index >= 15 is 0 Å². The Morgan fingerprint density at radius 2 is 1.87 bits per heavy atom. The summed E-state index contributed by atoms with van der Waals surface area (Å²) in [5.74, 6) is -2.39. The molecule has 0 fully saturated rings. The molecule has 0 aliphatic heterocycles. The number of hydrogen-bond donors (Lipinski definition) is 1. The minimum Gasteiger partial charge on any atom is -0.478 e. The zero-order valence-electron chi connectivity index (χ0n) is 15.6. The maximum atomic E-state index is 13.4. The molecule has 0 aliphatic rings. The van der Waals surface area contributed by atoms with Gasteiger partial charge in [-0.1, -0.05) is 0 Å². The quantitative estimate of drug-likeness (QED) is 0.429. The summed E-state index contributed by atoms with van der Waals surface area (Å²) < 4.78 is 77.2. The van der Waals surface area contributed by atoms with Crippen LogP contribution >= 0.6 is 0 Å². The Hall–Kier alpha value is -3.28. The van der Waals surface area contributed by atoms with E-state index in [1.165, 1.54) is 25.6 Å². The van der Waals surface area contributed by atoms with Gasteiger partial charge in [-0.05, 0) is 18.2 Å². The smallest absolute Gasteiger partial charge is 0.433 e. The maximum Gasteiger partial charge on any atom is 0.433 e. The normalized spacial score (nSPS) is 11.5. The molecule has 0 radical (unpaired) electrons. The molecule has 2 heterocycles. The fourth-order valence-corrected chi connectivity index (χ4v) is 2.38. The summed E-state index contributed by atoms with van der Waals surface area (Å²) in [6.07, 6.45) is -3.03. The third kappa shape index (κ3) is 5.41. The van der Waals surface area contributed by atoms with Gasteiger partial charge in [0.15, 0.2) is 17.3 Å². The van der Waals surface area contributed by atoms with Crippen molar-refractivity contribution in [3.05, 3.63) is 54.0 Å². The SMILES string of the molecule is COCCCOc1cc(Nc2ncn(-c3ccc(F)c(F)c3)n2)cc(C(F)(F)F)n1. The van der Waals surface area contributed by atoms with Gasteiger partial charge in [0.1, 0.15) is 6.33 Å². The summed E-state index contributed by atoms with van der Waals surface area (Å²) in [6.45, 7) is 0.500. The van der Waals surface area contributed by atoms with Crippen molar-refractivity contribution in [1.82, 2.24) is 19.7 Å². The lowest BCUT2D eigenvalue weighted by Crippen LogP contribution is -2.11. The second-order valence-corrected chi connectivity index (χ2v) is 6.01. The van der Waals surface area contributed by atoms with E-state index in [-0.39, 0.29) is 29.8 Å². The summed E-state index contributed by atoms with van der Waals surface area (Å²) in [6, 6.07) is 5.15. The average molecular weight is 429 g/mol. The summed E-state index contributed by atoms with van der Waals surface area (Å²) in [7, 11) is 1.50. The van der Waals surface area contributed by atoms with E-state index in [1.54, 1.807) is 0 Å². The van der Waals surface area contributed by atoms with E-state index in [2.05, 4.69) is 20.4 Å². The zero-order chi connectivity index (χ0) is 21.7. The topological polar surface area (TPSA) is 74.1 Å². The van der Waals surface area contributed by atoms with Gasteiger partial charge in [-0.25, -0.2) is 18.4 Å². The van der Waals surface area contributed by atoms with E-state index in [1.807, 2.05) is 0 Å². The van der Waals surface area contributed by atoms with Crippen molar-refractivity contribution < 1.29 is 31.4 Å². The van der Waals surface area contributed by atoms with Crippen LogP contribution in [0.2, 0.25) is 0 Å². The molecule has 160 valence electrons. The molecule has 0 bridgehead atoms. The lowest BCUT2D eigenvalue weighted by Gasteiger charge is -2.12. The predicted octanol–water partition coefficient (Wildman–Crippen LogP) is 4.12. The van der Waals surface area contributed by atoms with Crippen molar-refractivity contribution in [2.45, 2.75) is 12.6 Å². The number of halogens is 5. The molecule has 3 rings (SSSR count). The molecule has 3 aromatic rings. The first-order valence-electron chi connectivity index (χ1n) is 8.61. The fourth-order valence-electron chi connectivity index (χ4n) is 2.38. The number of pyridine rings is 1. The highest BCUT2D eigenvalue weighted by molar-refractivity contribution is 5.55. The van der Waals surface area contributed by atoms with Gasteiger partial charge in [-0.2, -0.15) is 18.2 Å². The number of benzene rings is 1. The van der Waals surface area contributed by atoms with Crippen LogP contribution in [0.4, 0.5) is 33.6 Å². The summed E-state index contributed by atoms with van der Waals surface area (Å²) in [5.41, 5.74) is -0.987. The molecular weight excluding hydrogens is 413 g/mol. The third-order valence-electron chi connectivity index (χ3n) is 3.75. The molecule has 0 spiro atoms. The summed E-state index contributed by atoms with van der Waals surface area (Å²) >= 11 is 0. The Bertz CT molecular complexity index is 1010. The van der Waals surface area contributed by atoms with Gasteiger partial charge in [0.05, 0.1) is 12.3 Å². The first-order chi connectivity index (χ1) is 14.3. The van der Waals surface area contributed by atoms with Crippen molar-refractivity contribution in [1.29, 1.82) is 0 Å². The van der Waals surface area contributed by atoms with Crippen LogP contribution in [0.25, 0.3) is 5.69 Å². The molecule has 7 nitrogen and oxygen atoms in total. The molecular formula is C18H16F5N5O2. The van der Waals surface area contributed by atoms with E-state index in [0.717, 1.165) is 22.9 Å². The monoisotopic (exact) mass is 429 g/mol. The number of hydrogen-bond acceptors (Lipinski definition) is 6. The highest BCUT2D eigenvalue weighted by Crippen LogP contribution is 2.32. The Labute approximate surface area is 167 Å². The summed E-state index contributed by atoms with van der Waals surface area (Å²) in [4.78, 5) is 7.38. The van der Waals surface area contributed by atoms with Crippen molar-refractivity contribution in [2.75, 3.05) is 25.6 Å². The number of nitrogens with zero attached hydrogens (tertiary/aromatic N) is 4. The Morgan fingerprint density at radius 3 is 2.57 bits per heavy atom. The van der Waals surface area contributed by atoms with E-state index in [4.69, 9.17) is 9.47 Å². The van der Waals surface area contributed by atoms with Crippen LogP contribution in [0.3, 0.4) is 0 Å². The maximum absolute atomic E-state index is 13.4.